The summed E-state index contributed by atoms with van der Waals surface area (Å²) in [6, 6.07) is 1.93. The van der Waals surface area contributed by atoms with Crippen molar-refractivity contribution in [2.75, 3.05) is 19.4 Å². The van der Waals surface area contributed by atoms with Crippen molar-refractivity contribution in [3.63, 3.8) is 0 Å². The third kappa shape index (κ3) is 4.25. The summed E-state index contributed by atoms with van der Waals surface area (Å²) in [6.45, 7) is 3.21. The van der Waals surface area contributed by atoms with Crippen molar-refractivity contribution in [2.45, 2.75) is 42.7 Å². The number of anilines is 1. The van der Waals surface area contributed by atoms with Gasteiger partial charge in [-0.05, 0) is 58.3 Å². The number of aliphatic hydroxyl groups excluding tert-OH is 2. The molecule has 1 fully saturated rings. The topological polar surface area (TPSA) is 190 Å². The molecule has 1 aromatic rings. The molecule has 0 radical (unpaired) electrons. The lowest BCUT2D eigenvalue weighted by atomic mass is 9.57. The van der Waals surface area contributed by atoms with Crippen molar-refractivity contribution < 1.29 is 39.6 Å². The number of carbonyl (C=O) groups is 4. The Morgan fingerprint density at radius 1 is 1.18 bits per heavy atom. The Morgan fingerprint density at radius 3 is 2.32 bits per heavy atom. The number of hydrogen-bond acceptors (Lipinski definition) is 9. The molecule has 206 valence electrons. The second-order valence-corrected chi connectivity index (χ2v) is 12.4. The van der Waals surface area contributed by atoms with E-state index in [4.69, 9.17) is 5.73 Å². The quantitative estimate of drug-likeness (QED) is 0.159. The Morgan fingerprint density at radius 2 is 1.79 bits per heavy atom. The number of aromatic hydroxyl groups is 1. The van der Waals surface area contributed by atoms with E-state index in [9.17, 15) is 39.6 Å². The highest BCUT2D eigenvalue weighted by molar-refractivity contribution is 9.10. The smallest absolute Gasteiger partial charge is 0.255 e. The zero-order chi connectivity index (χ0) is 27.8. The average Bonchev–Trinajstić information content (AvgIpc) is 2.77. The van der Waals surface area contributed by atoms with Gasteiger partial charge in [-0.1, -0.05) is 22.0 Å². The van der Waals surface area contributed by atoms with Crippen molar-refractivity contribution in [1.29, 1.82) is 0 Å². The van der Waals surface area contributed by atoms with Gasteiger partial charge in [-0.15, -0.1) is 17.0 Å². The SMILES string of the molecule is Br.CN(C)[C@@H]1C(=O)C(C(N)=O)=C(O)C2(O)C(=O)C3=C(O)c4c(ccc(NC(=O)C(C)(C)Br)c4O)CC3CC12. The molecule has 7 N–H and O–H groups in total. The molecule has 1 saturated carbocycles. The van der Waals surface area contributed by atoms with Crippen LogP contribution in [0.1, 0.15) is 31.4 Å². The van der Waals surface area contributed by atoms with Gasteiger partial charge in [-0.3, -0.25) is 24.1 Å². The fraction of sp³-hybridized carbons (Fsp3) is 0.440. The van der Waals surface area contributed by atoms with Crippen LogP contribution in [0.2, 0.25) is 0 Å². The average molecular weight is 659 g/mol. The maximum Gasteiger partial charge on any atom is 0.255 e. The normalized spacial score (nSPS) is 26.9. The van der Waals surface area contributed by atoms with E-state index >= 15 is 0 Å². The van der Waals surface area contributed by atoms with Crippen LogP contribution in [0, 0.1) is 11.8 Å². The number of benzene rings is 1. The van der Waals surface area contributed by atoms with Gasteiger partial charge >= 0.3 is 0 Å². The number of ketones is 2. The maximum atomic E-state index is 13.8. The van der Waals surface area contributed by atoms with E-state index in [1.807, 2.05) is 0 Å². The number of phenols is 1. The Hall–Kier alpha value is -2.74. The van der Waals surface area contributed by atoms with Crippen LogP contribution in [0.15, 0.2) is 29.0 Å². The number of likely N-dealkylation sites (N-methyl/N-ethyl adjacent to an activating group) is 1. The summed E-state index contributed by atoms with van der Waals surface area (Å²) in [5, 5.41) is 47.2. The van der Waals surface area contributed by atoms with Crippen LogP contribution in [0.4, 0.5) is 5.69 Å². The summed E-state index contributed by atoms with van der Waals surface area (Å²) in [4.78, 5) is 52.8. The van der Waals surface area contributed by atoms with Crippen molar-refractivity contribution in [2.24, 2.45) is 17.6 Å². The second kappa shape index (κ2) is 9.78. The van der Waals surface area contributed by atoms with E-state index in [2.05, 4.69) is 21.2 Å². The number of nitrogens with two attached hydrogens (primary N) is 1. The summed E-state index contributed by atoms with van der Waals surface area (Å²) in [6.07, 6.45) is 0.170. The number of aliphatic hydroxyl groups is 3. The molecule has 4 rings (SSSR count). The van der Waals surface area contributed by atoms with Crippen molar-refractivity contribution in [1.82, 2.24) is 4.90 Å². The van der Waals surface area contributed by atoms with E-state index in [0.717, 1.165) is 0 Å². The van der Waals surface area contributed by atoms with Crippen LogP contribution >= 0.6 is 32.9 Å². The summed E-state index contributed by atoms with van der Waals surface area (Å²) >= 11 is 3.23. The van der Waals surface area contributed by atoms with E-state index in [1.54, 1.807) is 19.9 Å². The Bertz CT molecular complexity index is 1330. The van der Waals surface area contributed by atoms with Crippen LogP contribution in [-0.2, 0) is 25.6 Å². The molecule has 0 spiro atoms. The summed E-state index contributed by atoms with van der Waals surface area (Å²) in [5.74, 6) is -7.71. The lowest BCUT2D eigenvalue weighted by Crippen LogP contribution is -2.65. The minimum absolute atomic E-state index is 0. The molecular formula is C25H29Br2N3O8. The summed E-state index contributed by atoms with van der Waals surface area (Å²) < 4.78 is -0.956. The number of nitrogens with zero attached hydrogens (tertiary/aromatic N) is 1. The zero-order valence-corrected chi connectivity index (χ0v) is 24.3. The Balaban J connectivity index is 0.00000400. The predicted molar refractivity (Wildman–Crippen MR) is 146 cm³/mol. The first-order valence-electron chi connectivity index (χ1n) is 11.5. The van der Waals surface area contributed by atoms with Gasteiger partial charge in [0.1, 0.15) is 22.8 Å². The molecule has 0 saturated heterocycles. The van der Waals surface area contributed by atoms with Gasteiger partial charge in [-0.2, -0.15) is 0 Å². The highest BCUT2D eigenvalue weighted by Crippen LogP contribution is 2.53. The first kappa shape index (κ1) is 29.8. The summed E-state index contributed by atoms with van der Waals surface area (Å²) in [7, 11) is 3.07. The van der Waals surface area contributed by atoms with Crippen LogP contribution in [0.25, 0.3) is 5.76 Å². The van der Waals surface area contributed by atoms with Crippen LogP contribution in [0.5, 0.6) is 5.75 Å². The Labute approximate surface area is 237 Å². The Kier molecular flexibility index (Phi) is 7.67. The molecule has 11 nitrogen and oxygen atoms in total. The highest BCUT2D eigenvalue weighted by atomic mass is 79.9. The number of rotatable bonds is 4. The highest BCUT2D eigenvalue weighted by Gasteiger charge is 2.64. The van der Waals surface area contributed by atoms with Crippen LogP contribution in [0.3, 0.4) is 0 Å². The molecule has 1 aromatic carbocycles. The van der Waals surface area contributed by atoms with E-state index < -0.39 is 74.0 Å². The molecule has 13 heteroatoms. The molecule has 0 bridgehead atoms. The number of carbonyl (C=O) groups excluding carboxylic acids is 4. The second-order valence-electron chi connectivity index (χ2n) is 10.4. The van der Waals surface area contributed by atoms with Crippen molar-refractivity contribution in [3.8, 4) is 5.75 Å². The minimum Gasteiger partial charge on any atom is -0.508 e. The van der Waals surface area contributed by atoms with Crippen LogP contribution < -0.4 is 11.1 Å². The number of phenolic OH excluding ortho intramolecular Hbond substituents is 1. The molecule has 0 heterocycles. The standard InChI is InChI=1S/C25H28BrN3O8.BrH/c1-24(2,26)23(36)28-12-6-5-9-7-10-8-11-16(29(3)4)19(32)15(22(27)35)21(34)25(11,37)20(33)14(10)18(31)13(9)17(12)30;/h5-6,10-11,16,30-31,34,37H,7-8H2,1-4H3,(H2,27,35)(H,28,36);1H/t10?,11?,16-,25?;/m0./s1. The number of alkyl halides is 1. The molecule has 4 atom stereocenters. The fourth-order valence-corrected chi connectivity index (χ4v) is 5.69. The monoisotopic (exact) mass is 657 g/mol. The molecule has 0 aromatic heterocycles. The van der Waals surface area contributed by atoms with Gasteiger partial charge in [0.2, 0.25) is 11.7 Å². The number of primary amides is 1. The summed E-state index contributed by atoms with van der Waals surface area (Å²) in [5.41, 5.74) is 1.87. The van der Waals surface area contributed by atoms with E-state index in [0.29, 0.717) is 5.56 Å². The number of halogens is 2. The van der Waals surface area contributed by atoms with Gasteiger partial charge < -0.3 is 31.5 Å². The number of nitrogens with one attached hydrogen (secondary N) is 1. The maximum absolute atomic E-state index is 13.8. The van der Waals surface area contributed by atoms with Gasteiger partial charge in [0, 0.05) is 11.5 Å². The minimum atomic E-state index is -2.70. The van der Waals surface area contributed by atoms with Gasteiger partial charge in [0.05, 0.1) is 21.6 Å². The zero-order valence-electron chi connectivity index (χ0n) is 21.0. The lowest BCUT2D eigenvalue weighted by Gasteiger charge is -2.50. The molecule has 3 aliphatic carbocycles. The lowest BCUT2D eigenvalue weighted by molar-refractivity contribution is -0.153. The van der Waals surface area contributed by atoms with Gasteiger partial charge in [-0.25, -0.2) is 0 Å². The third-order valence-electron chi connectivity index (χ3n) is 7.38. The molecule has 3 aliphatic rings. The van der Waals surface area contributed by atoms with Crippen LogP contribution in [-0.4, -0.2) is 78.8 Å². The predicted octanol–water partition coefficient (Wildman–Crippen LogP) is 1.65. The van der Waals surface area contributed by atoms with Crippen molar-refractivity contribution >= 4 is 67.7 Å². The number of Topliss-reactive ketones (excluding diaryl/α,β-unsaturated/α-hetero) is 2. The number of amides is 2. The first-order valence-corrected chi connectivity index (χ1v) is 12.3. The third-order valence-corrected chi connectivity index (χ3v) is 7.74. The van der Waals surface area contributed by atoms with E-state index in [-0.39, 0.29) is 46.6 Å². The molecule has 3 unspecified atom stereocenters. The molecule has 0 aliphatic heterocycles. The first-order chi connectivity index (χ1) is 17.0. The number of fused-ring (bicyclic) bond motifs is 3. The van der Waals surface area contributed by atoms with Gasteiger partial charge in [0.25, 0.3) is 5.91 Å². The fourth-order valence-electron chi connectivity index (χ4n) is 5.59. The molecule has 2 amide bonds. The van der Waals surface area contributed by atoms with Crippen molar-refractivity contribution in [3.05, 3.63) is 40.2 Å². The number of hydrogen-bond donors (Lipinski definition) is 6. The molecular weight excluding hydrogens is 630 g/mol. The largest absolute Gasteiger partial charge is 0.508 e. The molecule has 38 heavy (non-hydrogen) atoms. The van der Waals surface area contributed by atoms with E-state index in [1.165, 1.54) is 25.1 Å². The van der Waals surface area contributed by atoms with Gasteiger partial charge in [0.15, 0.2) is 11.4 Å².